The third-order valence-corrected chi connectivity index (χ3v) is 3.57. The maximum atomic E-state index is 11.7. The summed E-state index contributed by atoms with van der Waals surface area (Å²) in [4.78, 5) is 11.7. The molecule has 1 nitrogen and oxygen atoms in total. The molecule has 13 heavy (non-hydrogen) atoms. The van der Waals surface area contributed by atoms with Crippen LogP contribution in [0.15, 0.2) is 11.6 Å². The van der Waals surface area contributed by atoms with E-state index in [2.05, 4.69) is 26.8 Å². The van der Waals surface area contributed by atoms with Crippen molar-refractivity contribution in [1.29, 1.82) is 0 Å². The topological polar surface area (TPSA) is 17.1 Å². The van der Waals surface area contributed by atoms with E-state index in [0.29, 0.717) is 5.12 Å². The zero-order chi connectivity index (χ0) is 10.1. The molecule has 0 fully saturated rings. The van der Waals surface area contributed by atoms with Gasteiger partial charge in [-0.3, -0.25) is 4.79 Å². The van der Waals surface area contributed by atoms with Gasteiger partial charge in [-0.25, -0.2) is 0 Å². The third-order valence-electron chi connectivity index (χ3n) is 2.93. The summed E-state index contributed by atoms with van der Waals surface area (Å²) >= 11 is 1.36. The molecule has 1 rings (SSSR count). The van der Waals surface area contributed by atoms with E-state index in [1.165, 1.54) is 17.3 Å². The van der Waals surface area contributed by atoms with Gasteiger partial charge in [0.25, 0.3) is 0 Å². The summed E-state index contributed by atoms with van der Waals surface area (Å²) in [6.45, 7) is 6.48. The van der Waals surface area contributed by atoms with Crippen molar-refractivity contribution < 1.29 is 4.79 Å². The van der Waals surface area contributed by atoms with E-state index in [-0.39, 0.29) is 11.3 Å². The summed E-state index contributed by atoms with van der Waals surface area (Å²) in [6, 6.07) is 0. The predicted molar refractivity (Wildman–Crippen MR) is 58.8 cm³/mol. The number of carbonyl (C=O) groups excluding carboxylic acids is 1. The summed E-state index contributed by atoms with van der Waals surface area (Å²) in [6.07, 6.45) is 6.34. The second kappa shape index (κ2) is 3.87. The van der Waals surface area contributed by atoms with Gasteiger partial charge in [-0.15, -0.1) is 0 Å². The van der Waals surface area contributed by atoms with Gasteiger partial charge >= 0.3 is 0 Å². The first-order valence-electron chi connectivity index (χ1n) is 4.73. The molecule has 74 valence electrons. The normalized spacial score (nSPS) is 26.8. The fraction of sp³-hybridized carbons (Fsp3) is 0.727. The van der Waals surface area contributed by atoms with Gasteiger partial charge in [0.15, 0.2) is 5.12 Å². The smallest absolute Gasteiger partial charge is 0.196 e. The molecule has 0 aromatic rings. The molecule has 0 amide bonds. The first-order chi connectivity index (χ1) is 5.99. The Kier molecular flexibility index (Phi) is 3.23. The average Bonchev–Trinajstić information content (AvgIpc) is 2.02. The van der Waals surface area contributed by atoms with Crippen molar-refractivity contribution in [2.75, 3.05) is 6.26 Å². The molecular formula is C11H18OS. The highest BCUT2D eigenvalue weighted by atomic mass is 32.2. The van der Waals surface area contributed by atoms with Crippen LogP contribution in [-0.4, -0.2) is 11.4 Å². The van der Waals surface area contributed by atoms with Crippen molar-refractivity contribution >= 4 is 16.9 Å². The van der Waals surface area contributed by atoms with Crippen LogP contribution in [0.5, 0.6) is 0 Å². The molecule has 0 N–H and O–H groups in total. The minimum atomic E-state index is 0.135. The molecule has 0 aromatic heterocycles. The standard InChI is InChI=1S/C11H18OS/c1-8-6-5-7-11(2,3)9(8)10(12)13-4/h6,9H,5,7H2,1-4H3. The van der Waals surface area contributed by atoms with Crippen LogP contribution in [-0.2, 0) is 4.79 Å². The highest BCUT2D eigenvalue weighted by Crippen LogP contribution is 2.42. The third kappa shape index (κ3) is 2.16. The lowest BCUT2D eigenvalue weighted by molar-refractivity contribution is -0.116. The van der Waals surface area contributed by atoms with Crippen molar-refractivity contribution in [3.63, 3.8) is 0 Å². The molecule has 0 saturated carbocycles. The Hall–Kier alpha value is -0.240. The second-order valence-corrected chi connectivity index (χ2v) is 5.24. The summed E-state index contributed by atoms with van der Waals surface area (Å²) in [5.74, 6) is 0.135. The number of thioether (sulfide) groups is 1. The molecule has 0 heterocycles. The number of hydrogen-bond acceptors (Lipinski definition) is 2. The maximum absolute atomic E-state index is 11.7. The summed E-state index contributed by atoms with van der Waals surface area (Å²) in [5, 5.41) is 0.318. The Labute approximate surface area is 85.0 Å². The zero-order valence-electron chi connectivity index (χ0n) is 8.89. The Morgan fingerprint density at radius 1 is 1.62 bits per heavy atom. The fourth-order valence-electron chi connectivity index (χ4n) is 2.17. The van der Waals surface area contributed by atoms with Gasteiger partial charge in [-0.05, 0) is 31.4 Å². The van der Waals surface area contributed by atoms with E-state index in [1.807, 2.05) is 6.26 Å². The predicted octanol–water partition coefficient (Wildman–Crippen LogP) is 3.26. The number of carbonyl (C=O) groups is 1. The Bertz CT molecular complexity index is 240. The van der Waals surface area contributed by atoms with Crippen molar-refractivity contribution in [3.05, 3.63) is 11.6 Å². The Balaban J connectivity index is 2.94. The molecule has 0 aliphatic heterocycles. The van der Waals surface area contributed by atoms with Gasteiger partial charge in [0.2, 0.25) is 0 Å². The van der Waals surface area contributed by atoms with Crippen LogP contribution in [0.25, 0.3) is 0 Å². The SMILES string of the molecule is CSC(=O)C1C(C)=CCCC1(C)C. The average molecular weight is 198 g/mol. The van der Waals surface area contributed by atoms with Crippen LogP contribution < -0.4 is 0 Å². The molecule has 1 unspecified atom stereocenters. The van der Waals surface area contributed by atoms with Crippen LogP contribution in [0.1, 0.15) is 33.6 Å². The monoisotopic (exact) mass is 198 g/mol. The Morgan fingerprint density at radius 3 is 2.69 bits per heavy atom. The number of allylic oxidation sites excluding steroid dienone is 2. The van der Waals surface area contributed by atoms with Crippen LogP contribution >= 0.6 is 11.8 Å². The molecular weight excluding hydrogens is 180 g/mol. The minimum absolute atomic E-state index is 0.135. The molecule has 0 spiro atoms. The highest BCUT2D eigenvalue weighted by Gasteiger charge is 2.37. The molecule has 0 bridgehead atoms. The van der Waals surface area contributed by atoms with E-state index in [0.717, 1.165) is 12.8 Å². The highest BCUT2D eigenvalue weighted by molar-refractivity contribution is 8.13. The molecule has 0 saturated heterocycles. The van der Waals surface area contributed by atoms with Crippen molar-refractivity contribution in [1.82, 2.24) is 0 Å². The zero-order valence-corrected chi connectivity index (χ0v) is 9.70. The van der Waals surface area contributed by atoms with Crippen LogP contribution in [0.4, 0.5) is 0 Å². The van der Waals surface area contributed by atoms with E-state index in [9.17, 15) is 4.79 Å². The van der Waals surface area contributed by atoms with Gasteiger partial charge in [0, 0.05) is 0 Å². The molecule has 1 aliphatic carbocycles. The Morgan fingerprint density at radius 2 is 2.23 bits per heavy atom. The minimum Gasteiger partial charge on any atom is -0.287 e. The summed E-state index contributed by atoms with van der Waals surface area (Å²) in [7, 11) is 0. The maximum Gasteiger partial charge on any atom is 0.196 e. The van der Waals surface area contributed by atoms with Crippen LogP contribution in [0, 0.1) is 11.3 Å². The van der Waals surface area contributed by atoms with Gasteiger partial charge in [-0.1, -0.05) is 37.3 Å². The second-order valence-electron chi connectivity index (χ2n) is 4.43. The number of hydrogen-bond donors (Lipinski definition) is 0. The summed E-state index contributed by atoms with van der Waals surface area (Å²) in [5.41, 5.74) is 1.41. The lowest BCUT2D eigenvalue weighted by Gasteiger charge is -2.36. The van der Waals surface area contributed by atoms with E-state index in [4.69, 9.17) is 0 Å². The fourth-order valence-corrected chi connectivity index (χ4v) is 2.91. The van der Waals surface area contributed by atoms with E-state index >= 15 is 0 Å². The van der Waals surface area contributed by atoms with Crippen LogP contribution in [0.2, 0.25) is 0 Å². The molecule has 1 aliphatic rings. The largest absolute Gasteiger partial charge is 0.287 e. The van der Waals surface area contributed by atoms with Gasteiger partial charge in [0.05, 0.1) is 5.92 Å². The van der Waals surface area contributed by atoms with Gasteiger partial charge < -0.3 is 0 Å². The quantitative estimate of drug-likeness (QED) is 0.602. The van der Waals surface area contributed by atoms with Crippen molar-refractivity contribution in [2.24, 2.45) is 11.3 Å². The first-order valence-corrected chi connectivity index (χ1v) is 5.96. The molecule has 1 atom stereocenters. The van der Waals surface area contributed by atoms with Crippen LogP contribution in [0.3, 0.4) is 0 Å². The van der Waals surface area contributed by atoms with Gasteiger partial charge in [0.1, 0.15) is 0 Å². The lowest BCUT2D eigenvalue weighted by Crippen LogP contribution is -2.32. The summed E-state index contributed by atoms with van der Waals surface area (Å²) < 4.78 is 0. The van der Waals surface area contributed by atoms with E-state index in [1.54, 1.807) is 0 Å². The molecule has 0 radical (unpaired) electrons. The van der Waals surface area contributed by atoms with Gasteiger partial charge in [-0.2, -0.15) is 0 Å². The van der Waals surface area contributed by atoms with Crippen molar-refractivity contribution in [2.45, 2.75) is 33.6 Å². The van der Waals surface area contributed by atoms with E-state index < -0.39 is 0 Å². The lowest BCUT2D eigenvalue weighted by atomic mass is 9.69. The molecule has 2 heteroatoms. The first kappa shape index (κ1) is 10.8. The van der Waals surface area contributed by atoms with Crippen molar-refractivity contribution in [3.8, 4) is 0 Å². The number of rotatable bonds is 1. The molecule has 0 aromatic carbocycles.